The highest BCUT2D eigenvalue weighted by Gasteiger charge is 2.24. The second-order valence-electron chi connectivity index (χ2n) is 8.14. The van der Waals surface area contributed by atoms with Gasteiger partial charge >= 0.3 is 0 Å². The summed E-state index contributed by atoms with van der Waals surface area (Å²) in [4.78, 5) is 17.4. The predicted octanol–water partition coefficient (Wildman–Crippen LogP) is 4.02. The number of hydrogen-bond donors (Lipinski definition) is 1. The summed E-state index contributed by atoms with van der Waals surface area (Å²) in [5, 5.41) is 3.14. The van der Waals surface area contributed by atoms with Crippen LogP contribution >= 0.6 is 0 Å². The normalized spacial score (nSPS) is 15.9. The molecule has 150 valence electrons. The number of likely N-dealkylation sites (tertiary alicyclic amines) is 1. The molecule has 0 aromatic heterocycles. The van der Waals surface area contributed by atoms with E-state index < -0.39 is 0 Å². The van der Waals surface area contributed by atoms with Crippen molar-refractivity contribution in [2.45, 2.75) is 45.2 Å². The first-order chi connectivity index (χ1) is 13.5. The Morgan fingerprint density at radius 2 is 1.71 bits per heavy atom. The minimum atomic E-state index is 0.0642. The number of hydrogen-bond acceptors (Lipinski definition) is 3. The Hall–Kier alpha value is -2.17. The van der Waals surface area contributed by atoms with Gasteiger partial charge in [-0.05, 0) is 70.4 Å². The summed E-state index contributed by atoms with van der Waals surface area (Å²) in [5.74, 6) is 0.0642. The largest absolute Gasteiger partial charge is 0.325 e. The van der Waals surface area contributed by atoms with E-state index in [0.717, 1.165) is 43.6 Å². The molecule has 1 aliphatic heterocycles. The van der Waals surface area contributed by atoms with Crippen LogP contribution in [0.4, 0.5) is 5.69 Å². The zero-order chi connectivity index (χ0) is 19.9. The van der Waals surface area contributed by atoms with E-state index in [9.17, 15) is 4.79 Å². The van der Waals surface area contributed by atoms with E-state index in [4.69, 9.17) is 0 Å². The first-order valence-electron chi connectivity index (χ1n) is 10.4. The fourth-order valence-corrected chi connectivity index (χ4v) is 4.00. The summed E-state index contributed by atoms with van der Waals surface area (Å²) >= 11 is 0. The summed E-state index contributed by atoms with van der Waals surface area (Å²) in [7, 11) is 2.07. The van der Waals surface area contributed by atoms with Crippen molar-refractivity contribution in [3.05, 3.63) is 65.7 Å². The highest BCUT2D eigenvalue weighted by atomic mass is 16.2. The molecule has 0 atom stereocenters. The van der Waals surface area contributed by atoms with Crippen LogP contribution in [0.3, 0.4) is 0 Å². The second kappa shape index (κ2) is 9.85. The van der Waals surface area contributed by atoms with Crippen molar-refractivity contribution < 1.29 is 4.79 Å². The molecule has 4 nitrogen and oxygen atoms in total. The molecule has 1 amide bonds. The van der Waals surface area contributed by atoms with Crippen LogP contribution in [0, 0.1) is 0 Å². The number of benzene rings is 2. The van der Waals surface area contributed by atoms with Gasteiger partial charge in [0.05, 0.1) is 6.54 Å². The Kier molecular flexibility index (Phi) is 7.24. The van der Waals surface area contributed by atoms with E-state index in [-0.39, 0.29) is 5.91 Å². The molecule has 1 fully saturated rings. The molecule has 1 N–H and O–H groups in total. The lowest BCUT2D eigenvalue weighted by molar-refractivity contribution is -0.117. The van der Waals surface area contributed by atoms with Crippen molar-refractivity contribution in [1.82, 2.24) is 9.80 Å². The van der Waals surface area contributed by atoms with Gasteiger partial charge in [-0.1, -0.05) is 48.5 Å². The molecule has 2 aromatic carbocycles. The van der Waals surface area contributed by atoms with Crippen molar-refractivity contribution in [2.24, 2.45) is 0 Å². The van der Waals surface area contributed by atoms with Crippen LogP contribution in [0.15, 0.2) is 54.6 Å². The average Bonchev–Trinajstić information content (AvgIpc) is 2.70. The topological polar surface area (TPSA) is 35.6 Å². The Morgan fingerprint density at radius 3 is 2.39 bits per heavy atom. The van der Waals surface area contributed by atoms with E-state index in [1.807, 2.05) is 24.3 Å². The van der Waals surface area contributed by atoms with Gasteiger partial charge in [0, 0.05) is 17.8 Å². The number of para-hydroxylation sites is 1. The molecule has 3 rings (SSSR count). The number of anilines is 1. The number of carbonyl (C=O) groups is 1. The molecule has 0 spiro atoms. The van der Waals surface area contributed by atoms with Gasteiger partial charge in [-0.25, -0.2) is 0 Å². The Morgan fingerprint density at radius 1 is 1.07 bits per heavy atom. The first-order valence-corrected chi connectivity index (χ1v) is 10.4. The number of rotatable bonds is 7. The van der Waals surface area contributed by atoms with Crippen molar-refractivity contribution in [2.75, 3.05) is 32.0 Å². The zero-order valence-corrected chi connectivity index (χ0v) is 17.4. The number of nitrogens with zero attached hydrogens (tertiary/aromatic N) is 2. The number of likely N-dealkylation sites (N-methyl/N-ethyl adjacent to an activating group) is 1. The van der Waals surface area contributed by atoms with Gasteiger partial charge in [0.15, 0.2) is 0 Å². The van der Waals surface area contributed by atoms with E-state index in [0.29, 0.717) is 18.6 Å². The molecule has 1 aliphatic rings. The minimum Gasteiger partial charge on any atom is -0.325 e. The summed E-state index contributed by atoms with van der Waals surface area (Å²) in [6, 6.07) is 19.6. The molecule has 1 saturated heterocycles. The maximum Gasteiger partial charge on any atom is 0.238 e. The van der Waals surface area contributed by atoms with Crippen molar-refractivity contribution in [1.29, 1.82) is 0 Å². The smallest absolute Gasteiger partial charge is 0.238 e. The summed E-state index contributed by atoms with van der Waals surface area (Å²) in [6.07, 6.45) is 3.08. The Labute approximate surface area is 169 Å². The van der Waals surface area contributed by atoms with Gasteiger partial charge in [0.25, 0.3) is 0 Å². The molecule has 1 heterocycles. The van der Waals surface area contributed by atoms with Crippen molar-refractivity contribution in [3.63, 3.8) is 0 Å². The number of piperidine rings is 1. The molecule has 0 bridgehead atoms. The third-order valence-corrected chi connectivity index (χ3v) is 5.77. The quantitative estimate of drug-likeness (QED) is 0.789. The fraction of sp³-hybridized carbons (Fsp3) is 0.458. The van der Waals surface area contributed by atoms with Crippen LogP contribution in [0.5, 0.6) is 0 Å². The van der Waals surface area contributed by atoms with E-state index in [1.54, 1.807) is 0 Å². The second-order valence-corrected chi connectivity index (χ2v) is 8.14. The van der Waals surface area contributed by atoms with E-state index >= 15 is 0 Å². The first kappa shape index (κ1) is 20.6. The van der Waals surface area contributed by atoms with Crippen molar-refractivity contribution >= 4 is 11.6 Å². The average molecular weight is 380 g/mol. The third kappa shape index (κ3) is 5.66. The monoisotopic (exact) mass is 379 g/mol. The SMILES string of the molecule is CC(C)N1CCC(N(C)CC(=O)Nc2ccccc2Cc2ccccc2)CC1. The van der Waals surface area contributed by atoms with E-state index in [2.05, 4.69) is 66.3 Å². The third-order valence-electron chi connectivity index (χ3n) is 5.77. The highest BCUT2D eigenvalue weighted by molar-refractivity contribution is 5.93. The van der Waals surface area contributed by atoms with Crippen LogP contribution in [0.2, 0.25) is 0 Å². The lowest BCUT2D eigenvalue weighted by atomic mass is 10.0. The maximum absolute atomic E-state index is 12.7. The summed E-state index contributed by atoms with van der Waals surface area (Å²) in [5.41, 5.74) is 3.31. The van der Waals surface area contributed by atoms with Crippen LogP contribution in [0.1, 0.15) is 37.8 Å². The van der Waals surface area contributed by atoms with Crippen LogP contribution < -0.4 is 5.32 Å². The van der Waals surface area contributed by atoms with Crippen LogP contribution in [-0.2, 0) is 11.2 Å². The molecular formula is C24H33N3O. The molecule has 0 radical (unpaired) electrons. The molecular weight excluding hydrogens is 346 g/mol. The highest BCUT2D eigenvalue weighted by Crippen LogP contribution is 2.20. The molecule has 28 heavy (non-hydrogen) atoms. The van der Waals surface area contributed by atoms with Gasteiger partial charge in [0.2, 0.25) is 5.91 Å². The molecule has 2 aromatic rings. The molecule has 0 aliphatic carbocycles. The minimum absolute atomic E-state index is 0.0642. The summed E-state index contributed by atoms with van der Waals surface area (Å²) < 4.78 is 0. The predicted molar refractivity (Wildman–Crippen MR) is 117 cm³/mol. The molecule has 4 heteroatoms. The Bertz CT molecular complexity index is 751. The lowest BCUT2D eigenvalue weighted by Gasteiger charge is -2.38. The zero-order valence-electron chi connectivity index (χ0n) is 17.4. The van der Waals surface area contributed by atoms with Crippen LogP contribution in [-0.4, -0.2) is 54.5 Å². The van der Waals surface area contributed by atoms with Gasteiger partial charge < -0.3 is 10.2 Å². The number of amides is 1. The molecule has 0 saturated carbocycles. The fourth-order valence-electron chi connectivity index (χ4n) is 4.00. The lowest BCUT2D eigenvalue weighted by Crippen LogP contribution is -2.47. The molecule has 0 unspecified atom stereocenters. The van der Waals surface area contributed by atoms with E-state index in [1.165, 1.54) is 5.56 Å². The van der Waals surface area contributed by atoms with Gasteiger partial charge in [-0.2, -0.15) is 0 Å². The van der Waals surface area contributed by atoms with Crippen LogP contribution in [0.25, 0.3) is 0 Å². The van der Waals surface area contributed by atoms with Gasteiger partial charge in [-0.15, -0.1) is 0 Å². The summed E-state index contributed by atoms with van der Waals surface area (Å²) in [6.45, 7) is 7.18. The maximum atomic E-state index is 12.7. The standard InChI is InChI=1S/C24H33N3O/c1-19(2)27-15-13-22(14-16-27)26(3)18-24(28)25-23-12-8-7-11-21(23)17-20-9-5-4-6-10-20/h4-12,19,22H,13-18H2,1-3H3,(H,25,28). The van der Waals surface area contributed by atoms with Crippen molar-refractivity contribution in [3.8, 4) is 0 Å². The Balaban J connectivity index is 1.55. The number of carbonyl (C=O) groups excluding carboxylic acids is 1. The van der Waals surface area contributed by atoms with Gasteiger partial charge in [0.1, 0.15) is 0 Å². The van der Waals surface area contributed by atoms with Gasteiger partial charge in [-0.3, -0.25) is 9.69 Å². The number of nitrogens with one attached hydrogen (secondary N) is 1.